The van der Waals surface area contributed by atoms with Gasteiger partial charge in [-0.2, -0.15) is 5.10 Å². The Labute approximate surface area is 211 Å². The van der Waals surface area contributed by atoms with E-state index in [-0.39, 0.29) is 18.5 Å². The van der Waals surface area contributed by atoms with E-state index in [1.165, 1.54) is 0 Å². The van der Waals surface area contributed by atoms with Crippen LogP contribution >= 0.6 is 11.6 Å². The smallest absolute Gasteiger partial charge is 0.419 e. The maximum atomic E-state index is 12.8. The van der Waals surface area contributed by atoms with Crippen LogP contribution in [-0.2, 0) is 9.47 Å². The molecule has 8 nitrogen and oxygen atoms in total. The largest absolute Gasteiger partial charge is 0.443 e. The number of nitrogens with zero attached hydrogens (tertiary/aromatic N) is 4. The van der Waals surface area contributed by atoms with E-state index in [9.17, 15) is 9.59 Å². The van der Waals surface area contributed by atoms with Gasteiger partial charge in [-0.05, 0) is 85.3 Å². The third-order valence-electron chi connectivity index (χ3n) is 5.97. The Kier molecular flexibility index (Phi) is 6.88. The van der Waals surface area contributed by atoms with Crippen LogP contribution in [-0.4, -0.2) is 49.6 Å². The summed E-state index contributed by atoms with van der Waals surface area (Å²) in [6.45, 7) is 10.9. The predicted molar refractivity (Wildman–Crippen MR) is 133 cm³/mol. The van der Waals surface area contributed by atoms with Crippen molar-refractivity contribution in [3.63, 3.8) is 0 Å². The van der Waals surface area contributed by atoms with Gasteiger partial charge in [0.1, 0.15) is 16.4 Å². The van der Waals surface area contributed by atoms with Crippen LogP contribution in [0.2, 0.25) is 5.15 Å². The summed E-state index contributed by atoms with van der Waals surface area (Å²) in [6.07, 6.45) is 4.58. The van der Waals surface area contributed by atoms with Crippen molar-refractivity contribution in [2.75, 3.05) is 6.54 Å². The fourth-order valence-electron chi connectivity index (χ4n) is 4.19. The molecule has 2 heterocycles. The monoisotopic (exact) mass is 502 g/mol. The summed E-state index contributed by atoms with van der Waals surface area (Å²) in [6, 6.07) is 5.83. The molecule has 35 heavy (non-hydrogen) atoms. The molecule has 0 aromatic carbocycles. The number of rotatable bonds is 5. The summed E-state index contributed by atoms with van der Waals surface area (Å²) in [4.78, 5) is 31.2. The first-order valence-electron chi connectivity index (χ1n) is 12.2. The number of pyridine rings is 1. The molecule has 0 unspecified atom stereocenters. The van der Waals surface area contributed by atoms with Crippen LogP contribution in [0.5, 0.6) is 0 Å². The summed E-state index contributed by atoms with van der Waals surface area (Å²) in [5.74, 6) is 0.610. The highest BCUT2D eigenvalue weighted by atomic mass is 35.5. The summed E-state index contributed by atoms with van der Waals surface area (Å²) in [5.41, 5.74) is 1.52. The lowest BCUT2D eigenvalue weighted by Gasteiger charge is -2.38. The second-order valence-corrected chi connectivity index (χ2v) is 12.0. The van der Waals surface area contributed by atoms with Gasteiger partial charge in [0.15, 0.2) is 0 Å². The lowest BCUT2D eigenvalue weighted by atomic mass is 9.80. The standard InChI is InChI=1S/C26H35ClN4O4/c1-25(2,3)34-23(32)30(24(33)35-26(4,5)6)14-16-12-18(13-16)31-15-19(22(29-31)17-10-11-17)20-8-7-9-21(27)28-20/h7-9,15-18H,10-14H2,1-6H3. The molecule has 0 aliphatic heterocycles. The Morgan fingerprint density at radius 1 is 1.06 bits per heavy atom. The average molecular weight is 503 g/mol. The van der Waals surface area contributed by atoms with Crippen LogP contribution in [0.1, 0.15) is 84.9 Å². The molecular formula is C26H35ClN4O4. The zero-order chi connectivity index (χ0) is 25.5. The molecule has 0 atom stereocenters. The van der Waals surface area contributed by atoms with Gasteiger partial charge in [0, 0.05) is 24.2 Å². The number of hydrogen-bond acceptors (Lipinski definition) is 6. The second kappa shape index (κ2) is 9.45. The maximum absolute atomic E-state index is 12.8. The minimum absolute atomic E-state index is 0.140. The van der Waals surface area contributed by atoms with E-state index in [0.29, 0.717) is 11.1 Å². The summed E-state index contributed by atoms with van der Waals surface area (Å²) < 4.78 is 13.0. The fourth-order valence-corrected chi connectivity index (χ4v) is 4.35. The highest BCUT2D eigenvalue weighted by molar-refractivity contribution is 6.29. The van der Waals surface area contributed by atoms with Gasteiger partial charge in [-0.3, -0.25) is 4.68 Å². The number of imide groups is 1. The fraction of sp³-hybridized carbons (Fsp3) is 0.615. The quantitative estimate of drug-likeness (QED) is 0.428. The van der Waals surface area contributed by atoms with E-state index in [2.05, 4.69) is 11.2 Å². The minimum atomic E-state index is -0.710. The van der Waals surface area contributed by atoms with E-state index in [0.717, 1.165) is 47.5 Å². The van der Waals surface area contributed by atoms with Gasteiger partial charge in [-0.15, -0.1) is 0 Å². The van der Waals surface area contributed by atoms with Gasteiger partial charge in [-0.25, -0.2) is 19.5 Å². The van der Waals surface area contributed by atoms with E-state index in [4.69, 9.17) is 26.2 Å². The summed E-state index contributed by atoms with van der Waals surface area (Å²) in [5, 5.41) is 5.38. The molecule has 2 fully saturated rings. The van der Waals surface area contributed by atoms with Crippen molar-refractivity contribution in [1.82, 2.24) is 19.7 Å². The molecular weight excluding hydrogens is 468 g/mol. The van der Waals surface area contributed by atoms with E-state index >= 15 is 0 Å². The first kappa shape index (κ1) is 25.5. The van der Waals surface area contributed by atoms with Crippen LogP contribution in [0, 0.1) is 5.92 Å². The lowest BCUT2D eigenvalue weighted by Crippen LogP contribution is -2.47. The number of ether oxygens (including phenoxy) is 2. The zero-order valence-corrected chi connectivity index (χ0v) is 22.1. The predicted octanol–water partition coefficient (Wildman–Crippen LogP) is 6.60. The van der Waals surface area contributed by atoms with Crippen molar-refractivity contribution in [3.05, 3.63) is 35.2 Å². The molecule has 0 spiro atoms. The molecule has 2 aliphatic carbocycles. The van der Waals surface area contributed by atoms with Crippen molar-refractivity contribution in [3.8, 4) is 11.3 Å². The van der Waals surface area contributed by atoms with Crippen molar-refractivity contribution in [2.24, 2.45) is 5.92 Å². The number of hydrogen-bond donors (Lipinski definition) is 0. The molecule has 190 valence electrons. The molecule has 2 aliphatic rings. The van der Waals surface area contributed by atoms with Gasteiger partial charge in [0.05, 0.1) is 17.4 Å². The van der Waals surface area contributed by atoms with Gasteiger partial charge >= 0.3 is 12.2 Å². The molecule has 4 rings (SSSR count). The van der Waals surface area contributed by atoms with Crippen LogP contribution < -0.4 is 0 Å². The summed E-state index contributed by atoms with van der Waals surface area (Å²) in [7, 11) is 0. The van der Waals surface area contributed by atoms with E-state index < -0.39 is 23.4 Å². The van der Waals surface area contributed by atoms with Crippen LogP contribution in [0.25, 0.3) is 11.3 Å². The van der Waals surface area contributed by atoms with Crippen molar-refractivity contribution in [1.29, 1.82) is 0 Å². The molecule has 2 amide bonds. The normalized spacial score (nSPS) is 20.2. The Morgan fingerprint density at radius 3 is 2.17 bits per heavy atom. The third-order valence-corrected chi connectivity index (χ3v) is 6.18. The minimum Gasteiger partial charge on any atom is -0.443 e. The Hall–Kier alpha value is -2.61. The van der Waals surface area contributed by atoms with Crippen LogP contribution in [0.4, 0.5) is 9.59 Å². The zero-order valence-electron chi connectivity index (χ0n) is 21.4. The highest BCUT2D eigenvalue weighted by Gasteiger charge is 2.39. The third kappa shape index (κ3) is 6.54. The molecule has 2 aromatic heterocycles. The first-order chi connectivity index (χ1) is 16.3. The van der Waals surface area contributed by atoms with Gasteiger partial charge < -0.3 is 9.47 Å². The maximum Gasteiger partial charge on any atom is 0.419 e. The van der Waals surface area contributed by atoms with E-state index in [1.807, 2.05) is 16.8 Å². The average Bonchev–Trinajstić information content (AvgIpc) is 3.43. The number of halogens is 1. The second-order valence-electron chi connectivity index (χ2n) is 11.6. The van der Waals surface area contributed by atoms with Crippen molar-refractivity contribution >= 4 is 23.8 Å². The first-order valence-corrected chi connectivity index (χ1v) is 12.6. The summed E-state index contributed by atoms with van der Waals surface area (Å²) >= 11 is 6.13. The molecule has 2 aromatic rings. The Bertz CT molecular complexity index is 1060. The molecule has 0 saturated heterocycles. The number of amides is 2. The Balaban J connectivity index is 1.45. The van der Waals surface area contributed by atoms with Crippen molar-refractivity contribution in [2.45, 2.75) is 90.4 Å². The van der Waals surface area contributed by atoms with E-state index in [1.54, 1.807) is 47.6 Å². The number of carbonyl (C=O) groups excluding carboxylic acids is 2. The molecule has 0 bridgehead atoms. The SMILES string of the molecule is CC(C)(C)OC(=O)N(CC1CC(n2cc(-c3cccc(Cl)n3)c(C3CC3)n2)C1)C(=O)OC(C)(C)C. The van der Waals surface area contributed by atoms with Crippen molar-refractivity contribution < 1.29 is 19.1 Å². The highest BCUT2D eigenvalue weighted by Crippen LogP contribution is 2.45. The molecule has 2 saturated carbocycles. The number of carbonyl (C=O) groups is 2. The molecule has 0 radical (unpaired) electrons. The Morgan fingerprint density at radius 2 is 1.66 bits per heavy atom. The molecule has 0 N–H and O–H groups in total. The number of aromatic nitrogens is 3. The topological polar surface area (TPSA) is 86.5 Å². The molecule has 9 heteroatoms. The van der Waals surface area contributed by atoms with Gasteiger partial charge in [0.25, 0.3) is 0 Å². The van der Waals surface area contributed by atoms with Crippen LogP contribution in [0.15, 0.2) is 24.4 Å². The van der Waals surface area contributed by atoms with Gasteiger partial charge in [-0.1, -0.05) is 17.7 Å². The van der Waals surface area contributed by atoms with Crippen LogP contribution in [0.3, 0.4) is 0 Å². The van der Waals surface area contributed by atoms with Gasteiger partial charge in [0.2, 0.25) is 0 Å². The lowest BCUT2D eigenvalue weighted by molar-refractivity contribution is -0.00641.